The highest BCUT2D eigenvalue weighted by atomic mass is 14.6. The van der Waals surface area contributed by atoms with Gasteiger partial charge in [-0.05, 0) is 47.8 Å². The summed E-state index contributed by atoms with van der Waals surface area (Å²) in [6, 6.07) is 7.19. The molecule has 0 spiro atoms. The Bertz CT molecular complexity index is 368. The van der Waals surface area contributed by atoms with Crippen molar-refractivity contribution in [1.29, 1.82) is 0 Å². The van der Waals surface area contributed by atoms with Gasteiger partial charge in [0.25, 0.3) is 0 Å². The second-order valence-electron chi connectivity index (χ2n) is 5.65. The van der Waals surface area contributed by atoms with E-state index in [1.54, 1.807) is 0 Å². The van der Waals surface area contributed by atoms with Gasteiger partial charge in [0.15, 0.2) is 0 Å². The Morgan fingerprint density at radius 1 is 1.25 bits per heavy atom. The van der Waals surface area contributed by atoms with E-state index in [2.05, 4.69) is 39.0 Å². The fraction of sp³-hybridized carbons (Fsp3) is 0.600. The van der Waals surface area contributed by atoms with Gasteiger partial charge in [-0.3, -0.25) is 0 Å². The maximum Gasteiger partial charge on any atom is 0.0297 e. The number of nitrogens with two attached hydrogens (primary N) is 1. The summed E-state index contributed by atoms with van der Waals surface area (Å²) < 4.78 is 0. The highest BCUT2D eigenvalue weighted by Crippen LogP contribution is 2.36. The van der Waals surface area contributed by atoms with Crippen LogP contribution in [0.15, 0.2) is 18.2 Å². The Kier molecular flexibility index (Phi) is 3.34. The molecule has 2 rings (SSSR count). The van der Waals surface area contributed by atoms with Gasteiger partial charge < -0.3 is 5.73 Å². The van der Waals surface area contributed by atoms with Crippen molar-refractivity contribution in [3.05, 3.63) is 34.9 Å². The van der Waals surface area contributed by atoms with Crippen molar-refractivity contribution in [1.82, 2.24) is 0 Å². The van der Waals surface area contributed by atoms with Crippen LogP contribution < -0.4 is 5.73 Å². The average molecular weight is 217 g/mol. The minimum Gasteiger partial charge on any atom is -0.324 e. The van der Waals surface area contributed by atoms with Gasteiger partial charge >= 0.3 is 0 Å². The molecule has 2 atom stereocenters. The summed E-state index contributed by atoms with van der Waals surface area (Å²) in [4.78, 5) is 0. The van der Waals surface area contributed by atoms with Crippen LogP contribution >= 0.6 is 0 Å². The van der Waals surface area contributed by atoms with Crippen molar-refractivity contribution < 1.29 is 0 Å². The van der Waals surface area contributed by atoms with E-state index in [0.717, 1.165) is 18.8 Å². The van der Waals surface area contributed by atoms with E-state index in [0.29, 0.717) is 5.92 Å². The molecule has 0 heterocycles. The van der Waals surface area contributed by atoms with Crippen LogP contribution in [0.3, 0.4) is 0 Å². The van der Waals surface area contributed by atoms with Crippen LogP contribution in [0.5, 0.6) is 0 Å². The molecule has 0 bridgehead atoms. The predicted molar refractivity (Wildman–Crippen MR) is 69.6 cm³/mol. The molecule has 0 aromatic heterocycles. The summed E-state index contributed by atoms with van der Waals surface area (Å²) in [5, 5.41) is 0. The third-order valence-electron chi connectivity index (χ3n) is 3.64. The van der Waals surface area contributed by atoms with E-state index in [-0.39, 0.29) is 6.04 Å². The summed E-state index contributed by atoms with van der Waals surface area (Å²) in [7, 11) is 0. The fourth-order valence-corrected chi connectivity index (χ4v) is 2.73. The van der Waals surface area contributed by atoms with Gasteiger partial charge in [0, 0.05) is 6.04 Å². The molecule has 1 heteroatoms. The maximum absolute atomic E-state index is 6.21. The van der Waals surface area contributed by atoms with E-state index in [4.69, 9.17) is 5.73 Å². The largest absolute Gasteiger partial charge is 0.324 e. The van der Waals surface area contributed by atoms with Crippen LogP contribution in [0.2, 0.25) is 0 Å². The lowest BCUT2D eigenvalue weighted by Crippen LogP contribution is -2.19. The van der Waals surface area contributed by atoms with Crippen LogP contribution in [0.4, 0.5) is 0 Å². The molecule has 1 aliphatic carbocycles. The molecule has 1 unspecified atom stereocenters. The van der Waals surface area contributed by atoms with Crippen molar-refractivity contribution in [3.8, 4) is 0 Å². The van der Waals surface area contributed by atoms with Gasteiger partial charge in [0.05, 0.1) is 0 Å². The number of benzene rings is 1. The van der Waals surface area contributed by atoms with Crippen molar-refractivity contribution in [3.63, 3.8) is 0 Å². The molecule has 0 fully saturated rings. The smallest absolute Gasteiger partial charge is 0.0297 e. The van der Waals surface area contributed by atoms with Crippen LogP contribution in [0, 0.1) is 5.92 Å². The van der Waals surface area contributed by atoms with Crippen molar-refractivity contribution in [2.45, 2.75) is 52.0 Å². The minimum absolute atomic E-state index is 0.262. The maximum atomic E-state index is 6.21. The number of hydrogen-bond donors (Lipinski definition) is 1. The zero-order valence-corrected chi connectivity index (χ0v) is 10.7. The number of rotatable bonds is 2. The van der Waals surface area contributed by atoms with Gasteiger partial charge in [-0.1, -0.05) is 39.0 Å². The summed E-state index contributed by atoms with van der Waals surface area (Å²) in [5.74, 6) is 1.40. The zero-order valence-electron chi connectivity index (χ0n) is 10.7. The minimum atomic E-state index is 0.262. The molecule has 0 saturated carbocycles. The molecule has 0 amide bonds. The van der Waals surface area contributed by atoms with Crippen LogP contribution in [-0.2, 0) is 6.42 Å². The molecule has 0 aliphatic heterocycles. The quantitative estimate of drug-likeness (QED) is 0.801. The molecule has 0 saturated heterocycles. The zero-order chi connectivity index (χ0) is 11.7. The van der Waals surface area contributed by atoms with Crippen molar-refractivity contribution in [2.24, 2.45) is 11.7 Å². The van der Waals surface area contributed by atoms with Gasteiger partial charge in [0.2, 0.25) is 0 Å². The molecule has 1 aromatic rings. The van der Waals surface area contributed by atoms with E-state index in [9.17, 15) is 0 Å². The Labute approximate surface area is 99.0 Å². The molecule has 2 N–H and O–H groups in total. The predicted octanol–water partition coefficient (Wildman–Crippen LogP) is 3.78. The fourth-order valence-electron chi connectivity index (χ4n) is 2.73. The van der Waals surface area contributed by atoms with Crippen LogP contribution in [-0.4, -0.2) is 0 Å². The first-order valence-electron chi connectivity index (χ1n) is 6.46. The average Bonchev–Trinajstić information content (AvgIpc) is 2.23. The van der Waals surface area contributed by atoms with Crippen molar-refractivity contribution in [2.75, 3.05) is 0 Å². The summed E-state index contributed by atoms with van der Waals surface area (Å²) in [6.45, 7) is 6.84. The molecule has 16 heavy (non-hydrogen) atoms. The Hall–Kier alpha value is -0.820. The molecule has 0 radical (unpaired) electrons. The number of fused-ring (bicyclic) bond motifs is 1. The van der Waals surface area contributed by atoms with Gasteiger partial charge in [0.1, 0.15) is 0 Å². The summed E-state index contributed by atoms with van der Waals surface area (Å²) in [6.07, 6.45) is 3.53. The third-order valence-corrected chi connectivity index (χ3v) is 3.64. The Morgan fingerprint density at radius 3 is 2.69 bits per heavy atom. The van der Waals surface area contributed by atoms with E-state index < -0.39 is 0 Å². The van der Waals surface area contributed by atoms with Gasteiger partial charge in [-0.25, -0.2) is 0 Å². The van der Waals surface area contributed by atoms with Gasteiger partial charge in [-0.2, -0.15) is 0 Å². The standard InChI is InChI=1S/C15H23N/c1-10(2)8-12-5-6-13-11(3)4-7-15(16)14(13)9-12/h5-6,9-11,15H,4,7-8,16H2,1-3H3/t11?,15-/m1/s1. The van der Waals surface area contributed by atoms with Crippen molar-refractivity contribution >= 4 is 0 Å². The highest BCUT2D eigenvalue weighted by Gasteiger charge is 2.22. The molecule has 1 nitrogen and oxygen atoms in total. The summed E-state index contributed by atoms with van der Waals surface area (Å²) in [5.41, 5.74) is 10.5. The Balaban J connectivity index is 2.32. The lowest BCUT2D eigenvalue weighted by molar-refractivity contribution is 0.512. The Morgan fingerprint density at radius 2 is 2.00 bits per heavy atom. The monoisotopic (exact) mass is 217 g/mol. The first-order valence-corrected chi connectivity index (χ1v) is 6.46. The first-order chi connectivity index (χ1) is 7.58. The normalized spacial score (nSPS) is 24.6. The van der Waals surface area contributed by atoms with E-state index >= 15 is 0 Å². The highest BCUT2D eigenvalue weighted by molar-refractivity contribution is 5.38. The second kappa shape index (κ2) is 4.58. The second-order valence-corrected chi connectivity index (χ2v) is 5.65. The van der Waals surface area contributed by atoms with E-state index in [1.807, 2.05) is 0 Å². The lowest BCUT2D eigenvalue weighted by Gasteiger charge is -2.28. The molecule has 1 aliphatic rings. The van der Waals surface area contributed by atoms with Gasteiger partial charge in [-0.15, -0.1) is 0 Å². The topological polar surface area (TPSA) is 26.0 Å². The summed E-state index contributed by atoms with van der Waals surface area (Å²) >= 11 is 0. The van der Waals surface area contributed by atoms with Crippen LogP contribution in [0.25, 0.3) is 0 Å². The number of hydrogen-bond acceptors (Lipinski definition) is 1. The molecule has 1 aromatic carbocycles. The SMILES string of the molecule is CC(C)Cc1ccc2c(c1)[C@H](N)CCC2C. The molecular weight excluding hydrogens is 194 g/mol. The third kappa shape index (κ3) is 2.30. The molecular formula is C15H23N. The van der Waals surface area contributed by atoms with E-state index in [1.165, 1.54) is 23.1 Å². The van der Waals surface area contributed by atoms with Crippen LogP contribution in [0.1, 0.15) is 62.3 Å². The first kappa shape index (κ1) is 11.7. The molecule has 88 valence electrons. The lowest BCUT2D eigenvalue weighted by atomic mass is 9.80.